The Morgan fingerprint density at radius 2 is 2.12 bits per heavy atom. The minimum Gasteiger partial charge on any atom is -0.299 e. The summed E-state index contributed by atoms with van der Waals surface area (Å²) in [6, 6.07) is 9.90. The van der Waals surface area contributed by atoms with Gasteiger partial charge in [0, 0.05) is 29.5 Å². The Bertz CT molecular complexity index is 756. The van der Waals surface area contributed by atoms with Crippen LogP contribution >= 0.6 is 11.6 Å². The summed E-state index contributed by atoms with van der Waals surface area (Å²) in [4.78, 5) is 18.0. The predicted octanol–water partition coefficient (Wildman–Crippen LogP) is 3.50. The van der Waals surface area contributed by atoms with Gasteiger partial charge >= 0.3 is 0 Å². The van der Waals surface area contributed by atoms with Gasteiger partial charge in [-0.05, 0) is 56.1 Å². The first-order valence-electron chi connectivity index (χ1n) is 8.53. The Kier molecular flexibility index (Phi) is 6.30. The van der Waals surface area contributed by atoms with Crippen molar-refractivity contribution in [1.82, 2.24) is 15.3 Å². The van der Waals surface area contributed by atoms with E-state index in [0.717, 1.165) is 25.9 Å². The lowest BCUT2D eigenvalue weighted by Gasteiger charge is -2.30. The third kappa shape index (κ3) is 4.86. The van der Waals surface area contributed by atoms with Gasteiger partial charge in [0.15, 0.2) is 0 Å². The summed E-state index contributed by atoms with van der Waals surface area (Å²) in [6.45, 7) is 2.16. The molecule has 136 valence electrons. The molecule has 7 heteroatoms. The molecule has 0 aliphatic carbocycles. The molecule has 1 saturated heterocycles. The van der Waals surface area contributed by atoms with Gasteiger partial charge in [0.2, 0.25) is 0 Å². The van der Waals surface area contributed by atoms with E-state index < -0.39 is 0 Å². The van der Waals surface area contributed by atoms with Crippen LogP contribution in [0.15, 0.2) is 47.7 Å². The van der Waals surface area contributed by atoms with Crippen LogP contribution in [0.4, 0.5) is 4.39 Å². The molecule has 5 nitrogen and oxygen atoms in total. The van der Waals surface area contributed by atoms with E-state index in [2.05, 4.69) is 20.4 Å². The lowest BCUT2D eigenvalue weighted by atomic mass is 9.98. The van der Waals surface area contributed by atoms with Crippen molar-refractivity contribution in [2.45, 2.75) is 19.4 Å². The largest absolute Gasteiger partial charge is 0.299 e. The van der Waals surface area contributed by atoms with E-state index in [-0.39, 0.29) is 17.6 Å². The molecular formula is C19H20ClFN4O. The summed E-state index contributed by atoms with van der Waals surface area (Å²) in [5, 5.41) is 4.51. The number of hydrogen-bond acceptors (Lipinski definition) is 4. The number of hydrogen-bond donors (Lipinski definition) is 1. The van der Waals surface area contributed by atoms with Crippen molar-refractivity contribution in [2.75, 3.05) is 13.1 Å². The number of amides is 1. The number of hydrazone groups is 1. The topological polar surface area (TPSA) is 57.6 Å². The minimum absolute atomic E-state index is 0.265. The Balaban J connectivity index is 1.46. The fourth-order valence-corrected chi connectivity index (χ4v) is 3.15. The van der Waals surface area contributed by atoms with E-state index in [4.69, 9.17) is 11.6 Å². The number of pyridine rings is 1. The highest BCUT2D eigenvalue weighted by atomic mass is 35.5. The summed E-state index contributed by atoms with van der Waals surface area (Å²) >= 11 is 6.09. The molecule has 26 heavy (non-hydrogen) atoms. The Labute approximate surface area is 156 Å². The Morgan fingerprint density at radius 3 is 2.81 bits per heavy atom. The molecule has 1 aromatic heterocycles. The van der Waals surface area contributed by atoms with Crippen LogP contribution in [0.2, 0.25) is 5.02 Å². The maximum absolute atomic E-state index is 13.9. The lowest BCUT2D eigenvalue weighted by Crippen LogP contribution is -2.34. The van der Waals surface area contributed by atoms with Crippen LogP contribution in [-0.4, -0.2) is 35.1 Å². The molecule has 1 fully saturated rings. The fraction of sp³-hybridized carbons (Fsp3) is 0.316. The smallest absolute Gasteiger partial charge is 0.289 e. The third-order valence-corrected chi connectivity index (χ3v) is 4.78. The van der Waals surface area contributed by atoms with Crippen molar-refractivity contribution < 1.29 is 9.18 Å². The average molecular weight is 375 g/mol. The lowest BCUT2D eigenvalue weighted by molar-refractivity contribution is 0.0949. The fourth-order valence-electron chi connectivity index (χ4n) is 2.92. The van der Waals surface area contributed by atoms with Crippen LogP contribution in [0.25, 0.3) is 0 Å². The van der Waals surface area contributed by atoms with Crippen LogP contribution < -0.4 is 5.43 Å². The standard InChI is InChI=1S/C19H20ClFN4O/c20-16-4-3-5-17(21)15(16)13-25-10-7-14(8-11-25)12-23-24-19(26)18-6-1-2-9-22-18/h1-6,9,12,14H,7-8,10-11,13H2,(H,24,26)/b23-12+. The molecule has 1 N–H and O–H groups in total. The first-order valence-corrected chi connectivity index (χ1v) is 8.91. The van der Waals surface area contributed by atoms with Crippen LogP contribution in [0, 0.1) is 11.7 Å². The van der Waals surface area contributed by atoms with E-state index in [9.17, 15) is 9.18 Å². The third-order valence-electron chi connectivity index (χ3n) is 4.42. The summed E-state index contributed by atoms with van der Waals surface area (Å²) in [6.07, 6.45) is 5.13. The van der Waals surface area contributed by atoms with Crippen molar-refractivity contribution in [3.05, 3.63) is 64.7 Å². The average Bonchev–Trinajstić information content (AvgIpc) is 2.67. The first kappa shape index (κ1) is 18.5. The van der Waals surface area contributed by atoms with Gasteiger partial charge in [-0.3, -0.25) is 14.7 Å². The monoisotopic (exact) mass is 374 g/mol. The molecule has 2 aromatic rings. The molecular weight excluding hydrogens is 355 g/mol. The van der Waals surface area contributed by atoms with Gasteiger partial charge in [0.1, 0.15) is 11.5 Å². The summed E-state index contributed by atoms with van der Waals surface area (Å²) in [7, 11) is 0. The second-order valence-corrected chi connectivity index (χ2v) is 6.66. The second-order valence-electron chi connectivity index (χ2n) is 6.25. The number of rotatable bonds is 5. The normalized spacial score (nSPS) is 16.1. The molecule has 0 saturated carbocycles. The molecule has 0 atom stereocenters. The SMILES string of the molecule is O=C(N/N=C/C1CCN(Cc2c(F)cccc2Cl)CC1)c1ccccn1. The maximum Gasteiger partial charge on any atom is 0.289 e. The number of nitrogens with zero attached hydrogens (tertiary/aromatic N) is 3. The zero-order chi connectivity index (χ0) is 18.4. The Morgan fingerprint density at radius 1 is 1.31 bits per heavy atom. The number of benzene rings is 1. The highest BCUT2D eigenvalue weighted by Gasteiger charge is 2.20. The van der Waals surface area contributed by atoms with Crippen LogP contribution in [0.1, 0.15) is 28.9 Å². The number of aromatic nitrogens is 1. The maximum atomic E-state index is 13.9. The zero-order valence-electron chi connectivity index (χ0n) is 14.2. The molecule has 0 unspecified atom stereocenters. The number of halogens is 2. The summed E-state index contributed by atoms with van der Waals surface area (Å²) < 4.78 is 13.9. The van der Waals surface area contributed by atoms with Crippen molar-refractivity contribution in [2.24, 2.45) is 11.0 Å². The van der Waals surface area contributed by atoms with E-state index in [1.807, 2.05) is 0 Å². The second kappa shape index (κ2) is 8.87. The van der Waals surface area contributed by atoms with E-state index in [1.54, 1.807) is 42.7 Å². The van der Waals surface area contributed by atoms with E-state index >= 15 is 0 Å². The highest BCUT2D eigenvalue weighted by molar-refractivity contribution is 6.31. The van der Waals surface area contributed by atoms with Gasteiger partial charge in [-0.2, -0.15) is 5.10 Å². The van der Waals surface area contributed by atoms with E-state index in [1.165, 1.54) is 6.07 Å². The Hall–Kier alpha value is -2.31. The molecule has 0 spiro atoms. The number of carbonyl (C=O) groups excluding carboxylic acids is 1. The van der Waals surface area contributed by atoms with E-state index in [0.29, 0.717) is 22.8 Å². The molecule has 1 aliphatic heterocycles. The number of piperidine rings is 1. The molecule has 1 amide bonds. The van der Waals surface area contributed by atoms with Crippen molar-refractivity contribution >= 4 is 23.7 Å². The van der Waals surface area contributed by atoms with Crippen molar-refractivity contribution in [3.8, 4) is 0 Å². The quantitative estimate of drug-likeness (QED) is 0.643. The van der Waals surface area contributed by atoms with Gasteiger partial charge in [-0.25, -0.2) is 9.82 Å². The van der Waals surface area contributed by atoms with Crippen molar-refractivity contribution in [3.63, 3.8) is 0 Å². The summed E-state index contributed by atoms with van der Waals surface area (Å²) in [5.41, 5.74) is 3.38. The number of carbonyl (C=O) groups is 1. The van der Waals surface area contributed by atoms with Crippen molar-refractivity contribution in [1.29, 1.82) is 0 Å². The van der Waals surface area contributed by atoms with Gasteiger partial charge in [0.05, 0.1) is 0 Å². The number of likely N-dealkylation sites (tertiary alicyclic amines) is 1. The highest BCUT2D eigenvalue weighted by Crippen LogP contribution is 2.23. The van der Waals surface area contributed by atoms with Crippen LogP contribution in [0.5, 0.6) is 0 Å². The predicted molar refractivity (Wildman–Crippen MR) is 99.6 cm³/mol. The minimum atomic E-state index is -0.325. The molecule has 1 aromatic carbocycles. The first-order chi connectivity index (χ1) is 12.6. The van der Waals surface area contributed by atoms with Crippen LogP contribution in [0.3, 0.4) is 0 Å². The number of nitrogens with one attached hydrogen (secondary N) is 1. The summed E-state index contributed by atoms with van der Waals surface area (Å²) in [5.74, 6) is -0.307. The zero-order valence-corrected chi connectivity index (χ0v) is 15.0. The van der Waals surface area contributed by atoms with Gasteiger partial charge in [-0.1, -0.05) is 23.7 Å². The molecule has 1 aliphatic rings. The molecule has 3 rings (SSSR count). The van der Waals surface area contributed by atoms with Gasteiger partial charge in [-0.15, -0.1) is 0 Å². The van der Waals surface area contributed by atoms with Gasteiger partial charge in [0.25, 0.3) is 5.91 Å². The van der Waals surface area contributed by atoms with Gasteiger partial charge < -0.3 is 0 Å². The van der Waals surface area contributed by atoms with Crippen LogP contribution in [-0.2, 0) is 6.54 Å². The molecule has 0 radical (unpaired) electrons. The molecule has 2 heterocycles. The molecule has 0 bridgehead atoms.